The summed E-state index contributed by atoms with van der Waals surface area (Å²) < 4.78 is 33.6. The SMILES string of the molecule is [B]C([B])C(=O)C(F)(F)F. The summed E-state index contributed by atoms with van der Waals surface area (Å²) in [5, 5.41) is 0. The van der Waals surface area contributed by atoms with Crippen LogP contribution >= 0.6 is 0 Å². The molecule has 6 heteroatoms. The molecule has 0 rings (SSSR count). The molecule has 0 spiro atoms. The lowest BCUT2D eigenvalue weighted by molar-refractivity contribution is -0.169. The van der Waals surface area contributed by atoms with Gasteiger partial charge in [-0.3, -0.25) is 4.79 Å². The molecule has 0 amide bonds. The van der Waals surface area contributed by atoms with E-state index in [4.69, 9.17) is 0 Å². The van der Waals surface area contributed by atoms with Gasteiger partial charge in [0.25, 0.3) is 0 Å². The van der Waals surface area contributed by atoms with E-state index in [9.17, 15) is 18.0 Å². The van der Waals surface area contributed by atoms with Crippen molar-refractivity contribution in [3.8, 4) is 0 Å². The third-order valence-electron chi connectivity index (χ3n) is 0.582. The van der Waals surface area contributed by atoms with Crippen LogP contribution in [0.3, 0.4) is 0 Å². The second-order valence-electron chi connectivity index (χ2n) is 1.39. The number of Topliss-reactive ketones (excluding diaryl/α,β-unsaturated/α-hetero) is 1. The smallest absolute Gasteiger partial charge is 0.291 e. The lowest BCUT2D eigenvalue weighted by Crippen LogP contribution is -2.27. The monoisotopic (exact) mass is 132 g/mol. The molecule has 0 fully saturated rings. The molecule has 4 radical (unpaired) electrons. The number of halogens is 3. The van der Waals surface area contributed by atoms with E-state index >= 15 is 0 Å². The third-order valence-corrected chi connectivity index (χ3v) is 0.582. The molecule has 9 heavy (non-hydrogen) atoms. The van der Waals surface area contributed by atoms with Crippen LogP contribution in [0.1, 0.15) is 0 Å². The van der Waals surface area contributed by atoms with Crippen molar-refractivity contribution in [2.45, 2.75) is 11.9 Å². The van der Waals surface area contributed by atoms with Gasteiger partial charge in [0.15, 0.2) is 0 Å². The van der Waals surface area contributed by atoms with Crippen molar-refractivity contribution in [3.05, 3.63) is 0 Å². The van der Waals surface area contributed by atoms with Gasteiger partial charge < -0.3 is 0 Å². The summed E-state index contributed by atoms with van der Waals surface area (Å²) in [6.07, 6.45) is -4.91. The standard InChI is InChI=1S/C3HB2F3O/c4-2(5)1(9)3(6,7)8/h2H. The van der Waals surface area contributed by atoms with Crippen LogP contribution in [-0.4, -0.2) is 27.7 Å². The summed E-state index contributed by atoms with van der Waals surface area (Å²) in [6, 6.07) is 0. The maximum atomic E-state index is 11.2. The lowest BCUT2D eigenvalue weighted by Gasteiger charge is -2.06. The van der Waals surface area contributed by atoms with Crippen molar-refractivity contribution >= 4 is 21.5 Å². The summed E-state index contributed by atoms with van der Waals surface area (Å²) in [5.74, 6) is -2.11. The van der Waals surface area contributed by atoms with Gasteiger partial charge in [-0.25, -0.2) is 0 Å². The number of rotatable bonds is 1. The Morgan fingerprint density at radius 3 is 1.67 bits per heavy atom. The minimum absolute atomic E-state index is 1.95. The second-order valence-corrected chi connectivity index (χ2v) is 1.39. The van der Waals surface area contributed by atoms with E-state index in [0.717, 1.165) is 0 Å². The van der Waals surface area contributed by atoms with Gasteiger partial charge in [0.2, 0.25) is 5.78 Å². The van der Waals surface area contributed by atoms with Crippen LogP contribution in [0.2, 0.25) is 5.72 Å². The first-order chi connectivity index (χ1) is 3.85. The maximum Gasteiger partial charge on any atom is 0.448 e. The maximum absolute atomic E-state index is 11.2. The Morgan fingerprint density at radius 1 is 1.33 bits per heavy atom. The molecule has 0 saturated heterocycles. The molecule has 0 saturated carbocycles. The van der Waals surface area contributed by atoms with Crippen molar-refractivity contribution in [2.24, 2.45) is 0 Å². The quantitative estimate of drug-likeness (QED) is 0.465. The largest absolute Gasteiger partial charge is 0.448 e. The Hall–Kier alpha value is -0.410. The van der Waals surface area contributed by atoms with Crippen molar-refractivity contribution in [2.75, 3.05) is 0 Å². The lowest BCUT2D eigenvalue weighted by atomic mass is 9.68. The Bertz CT molecular complexity index is 119. The minimum Gasteiger partial charge on any atom is -0.291 e. The van der Waals surface area contributed by atoms with Gasteiger partial charge in [-0.15, -0.1) is 0 Å². The highest BCUT2D eigenvalue weighted by Gasteiger charge is 2.38. The number of hydrogen-bond donors (Lipinski definition) is 0. The third kappa shape index (κ3) is 2.58. The summed E-state index contributed by atoms with van der Waals surface area (Å²) >= 11 is 0. The first kappa shape index (κ1) is 8.59. The zero-order valence-corrected chi connectivity index (χ0v) is 4.27. The molecule has 0 bridgehead atoms. The Morgan fingerprint density at radius 2 is 1.67 bits per heavy atom. The van der Waals surface area contributed by atoms with Crippen LogP contribution in [0.15, 0.2) is 0 Å². The summed E-state index contributed by atoms with van der Waals surface area (Å²) in [4.78, 5) is 9.79. The predicted molar refractivity (Wildman–Crippen MR) is 26.3 cm³/mol. The molecule has 0 unspecified atom stereocenters. The number of carbonyl (C=O) groups excluding carboxylic acids is 1. The number of carbonyl (C=O) groups is 1. The second kappa shape index (κ2) is 2.45. The minimum atomic E-state index is -4.91. The number of ketones is 1. The molecular weight excluding hydrogens is 131 g/mol. The van der Waals surface area contributed by atoms with Gasteiger partial charge in [0.05, 0.1) is 15.7 Å². The fourth-order valence-corrected chi connectivity index (χ4v) is 0.189. The number of alkyl halides is 3. The van der Waals surface area contributed by atoms with Gasteiger partial charge in [-0.2, -0.15) is 13.2 Å². The molecule has 0 aliphatic rings. The summed E-state index contributed by atoms with van der Waals surface area (Å²) in [7, 11) is 8.86. The molecule has 0 atom stereocenters. The van der Waals surface area contributed by atoms with Crippen molar-refractivity contribution in [3.63, 3.8) is 0 Å². The molecule has 0 aromatic rings. The van der Waals surface area contributed by atoms with E-state index in [1.165, 1.54) is 0 Å². The van der Waals surface area contributed by atoms with E-state index in [1.54, 1.807) is 0 Å². The van der Waals surface area contributed by atoms with Gasteiger partial charge in [0.1, 0.15) is 0 Å². The van der Waals surface area contributed by atoms with Gasteiger partial charge in [-0.05, 0) is 5.72 Å². The molecule has 0 aromatic heterocycles. The van der Waals surface area contributed by atoms with Crippen molar-refractivity contribution in [1.29, 1.82) is 0 Å². The van der Waals surface area contributed by atoms with Crippen molar-refractivity contribution in [1.82, 2.24) is 0 Å². The fourth-order valence-electron chi connectivity index (χ4n) is 0.189. The average Bonchev–Trinajstić information content (AvgIpc) is 1.62. The molecule has 0 aliphatic carbocycles. The van der Waals surface area contributed by atoms with E-state index in [0.29, 0.717) is 0 Å². The van der Waals surface area contributed by atoms with Crippen molar-refractivity contribution < 1.29 is 18.0 Å². The van der Waals surface area contributed by atoms with Gasteiger partial charge in [-0.1, -0.05) is 0 Å². The Balaban J connectivity index is 4.06. The van der Waals surface area contributed by atoms with E-state index in [-0.39, 0.29) is 0 Å². The van der Waals surface area contributed by atoms with Crippen LogP contribution in [0, 0.1) is 0 Å². The van der Waals surface area contributed by atoms with Crippen LogP contribution in [0.25, 0.3) is 0 Å². The van der Waals surface area contributed by atoms with Gasteiger partial charge >= 0.3 is 6.18 Å². The van der Waals surface area contributed by atoms with E-state index in [1.807, 2.05) is 0 Å². The van der Waals surface area contributed by atoms with Crippen LogP contribution in [0.4, 0.5) is 13.2 Å². The first-order valence-corrected chi connectivity index (χ1v) is 1.98. The predicted octanol–water partition coefficient (Wildman–Crippen LogP) is 0.201. The Kier molecular flexibility index (Phi) is 2.34. The fraction of sp³-hybridized carbons (Fsp3) is 0.667. The molecule has 0 aliphatic heterocycles. The number of hydrogen-bond acceptors (Lipinski definition) is 1. The zero-order valence-electron chi connectivity index (χ0n) is 4.27. The molecule has 1 nitrogen and oxygen atoms in total. The molecule has 46 valence electrons. The zero-order chi connectivity index (χ0) is 7.65. The highest BCUT2D eigenvalue weighted by molar-refractivity contribution is 6.46. The van der Waals surface area contributed by atoms with E-state index in [2.05, 4.69) is 15.7 Å². The van der Waals surface area contributed by atoms with Gasteiger partial charge in [0, 0.05) is 0 Å². The summed E-state index contributed by atoms with van der Waals surface area (Å²) in [6.45, 7) is 0. The summed E-state index contributed by atoms with van der Waals surface area (Å²) in [5.41, 5.74) is -1.95. The Labute approximate surface area is 52.4 Å². The highest BCUT2D eigenvalue weighted by Crippen LogP contribution is 2.20. The van der Waals surface area contributed by atoms with Crippen LogP contribution in [0.5, 0.6) is 0 Å². The first-order valence-electron chi connectivity index (χ1n) is 1.98. The molecular formula is C3HB2F3O. The van der Waals surface area contributed by atoms with E-state index < -0.39 is 17.7 Å². The highest BCUT2D eigenvalue weighted by atomic mass is 19.4. The topological polar surface area (TPSA) is 17.1 Å². The molecule has 0 N–H and O–H groups in total. The normalized spacial score (nSPS) is 12.0. The molecule has 0 heterocycles. The molecule has 0 aromatic carbocycles. The average molecular weight is 132 g/mol. The van der Waals surface area contributed by atoms with Crippen LogP contribution in [-0.2, 0) is 4.79 Å². The van der Waals surface area contributed by atoms with Crippen LogP contribution < -0.4 is 0 Å².